The Bertz CT molecular complexity index is 1410. The second-order valence-corrected chi connectivity index (χ2v) is 9.31. The van der Waals surface area contributed by atoms with Gasteiger partial charge in [0.05, 0.1) is 42.0 Å². The first kappa shape index (κ1) is 23.4. The molecular weight excluding hydrogens is 449 g/mol. The van der Waals surface area contributed by atoms with E-state index in [1.165, 1.54) is 6.07 Å². The van der Waals surface area contributed by atoms with E-state index in [4.69, 9.17) is 9.47 Å². The van der Waals surface area contributed by atoms with E-state index >= 15 is 4.39 Å². The summed E-state index contributed by atoms with van der Waals surface area (Å²) in [4.78, 5) is 24.1. The van der Waals surface area contributed by atoms with Crippen molar-refractivity contribution in [2.24, 2.45) is 7.05 Å². The normalized spacial score (nSPS) is 16.4. The summed E-state index contributed by atoms with van der Waals surface area (Å²) in [6, 6.07) is 6.69. The Kier molecular flexibility index (Phi) is 6.53. The Balaban J connectivity index is 1.55. The van der Waals surface area contributed by atoms with Crippen molar-refractivity contribution in [3.05, 3.63) is 53.0 Å². The summed E-state index contributed by atoms with van der Waals surface area (Å²) >= 11 is 0. The SMILES string of the molecule is CN(C)CCCOc1ccc(-c2cc3c(cc2F)ncc2c3n(C3CCCOC3)c(=O)n2C)cn1. The molecule has 1 saturated heterocycles. The smallest absolute Gasteiger partial charge is 0.329 e. The zero-order valence-corrected chi connectivity index (χ0v) is 20.3. The van der Waals surface area contributed by atoms with Crippen LogP contribution in [0.2, 0.25) is 0 Å². The van der Waals surface area contributed by atoms with E-state index in [0.29, 0.717) is 47.9 Å². The number of halogens is 1. The lowest BCUT2D eigenvalue weighted by molar-refractivity contribution is 0.0593. The van der Waals surface area contributed by atoms with Crippen molar-refractivity contribution >= 4 is 21.9 Å². The Hall–Kier alpha value is -3.30. The summed E-state index contributed by atoms with van der Waals surface area (Å²) in [5, 5.41) is 0.728. The van der Waals surface area contributed by atoms with Gasteiger partial charge in [-0.1, -0.05) is 0 Å². The lowest BCUT2D eigenvalue weighted by Gasteiger charge is -2.23. The number of imidazole rings is 1. The maximum atomic E-state index is 15.2. The van der Waals surface area contributed by atoms with Gasteiger partial charge in [0.1, 0.15) is 5.82 Å². The molecule has 0 amide bonds. The van der Waals surface area contributed by atoms with Gasteiger partial charge in [-0.2, -0.15) is 0 Å². The van der Waals surface area contributed by atoms with Gasteiger partial charge >= 0.3 is 5.69 Å². The number of rotatable bonds is 7. The summed E-state index contributed by atoms with van der Waals surface area (Å²) in [6.45, 7) is 2.68. The molecule has 0 bridgehead atoms. The molecule has 4 heterocycles. The molecule has 9 heteroatoms. The molecule has 4 aromatic rings. The number of hydrogen-bond donors (Lipinski definition) is 0. The van der Waals surface area contributed by atoms with Gasteiger partial charge in [0.2, 0.25) is 5.88 Å². The van der Waals surface area contributed by atoms with Crippen molar-refractivity contribution in [2.75, 3.05) is 40.5 Å². The molecule has 0 saturated carbocycles. The van der Waals surface area contributed by atoms with Crippen LogP contribution in [0.15, 0.2) is 41.5 Å². The molecule has 8 nitrogen and oxygen atoms in total. The summed E-state index contributed by atoms with van der Waals surface area (Å²) in [5.41, 5.74) is 2.89. The van der Waals surface area contributed by atoms with Gasteiger partial charge in [0.15, 0.2) is 0 Å². The first-order valence-electron chi connectivity index (χ1n) is 11.9. The van der Waals surface area contributed by atoms with Gasteiger partial charge < -0.3 is 14.4 Å². The van der Waals surface area contributed by atoms with Crippen molar-refractivity contribution in [1.29, 1.82) is 0 Å². The quantitative estimate of drug-likeness (QED) is 0.376. The standard InChI is InChI=1S/C26H30FN5O3/c1-30(2)9-5-11-35-24-8-7-17(14-29-24)19-12-20-22(13-21(19)27)28-15-23-25(20)32(26(33)31(23)3)18-6-4-10-34-16-18/h7-8,12-15,18H,4-6,9-11,16H2,1-3H3. The highest BCUT2D eigenvalue weighted by atomic mass is 19.1. The van der Waals surface area contributed by atoms with Gasteiger partial charge in [0, 0.05) is 55.0 Å². The van der Waals surface area contributed by atoms with Gasteiger partial charge in [-0.05, 0) is 45.5 Å². The number of benzene rings is 1. The number of nitrogens with zero attached hydrogens (tertiary/aromatic N) is 5. The van der Waals surface area contributed by atoms with Crippen LogP contribution >= 0.6 is 0 Å². The number of ether oxygens (including phenoxy) is 2. The van der Waals surface area contributed by atoms with E-state index in [2.05, 4.69) is 14.9 Å². The summed E-state index contributed by atoms with van der Waals surface area (Å²) in [7, 11) is 5.78. The lowest BCUT2D eigenvalue weighted by Crippen LogP contribution is -2.31. The molecule has 1 aromatic carbocycles. The zero-order valence-electron chi connectivity index (χ0n) is 20.3. The minimum atomic E-state index is -0.392. The topological polar surface area (TPSA) is 74.4 Å². The Morgan fingerprint density at radius 1 is 1.23 bits per heavy atom. The molecule has 1 unspecified atom stereocenters. The fourth-order valence-corrected chi connectivity index (χ4v) is 4.72. The predicted octanol–water partition coefficient (Wildman–Crippen LogP) is 3.77. The summed E-state index contributed by atoms with van der Waals surface area (Å²) in [6.07, 6.45) is 5.90. The minimum absolute atomic E-state index is 0.0651. The zero-order chi connectivity index (χ0) is 24.5. The van der Waals surface area contributed by atoms with Crippen LogP contribution in [-0.2, 0) is 11.8 Å². The van der Waals surface area contributed by atoms with Crippen molar-refractivity contribution in [2.45, 2.75) is 25.3 Å². The molecule has 1 aliphatic heterocycles. The maximum absolute atomic E-state index is 15.2. The minimum Gasteiger partial charge on any atom is -0.478 e. The maximum Gasteiger partial charge on any atom is 0.329 e. The van der Waals surface area contributed by atoms with E-state index in [9.17, 15) is 4.79 Å². The molecule has 3 aromatic heterocycles. The molecule has 0 spiro atoms. The Morgan fingerprint density at radius 3 is 2.80 bits per heavy atom. The largest absolute Gasteiger partial charge is 0.478 e. The first-order valence-corrected chi connectivity index (χ1v) is 11.9. The summed E-state index contributed by atoms with van der Waals surface area (Å²) < 4.78 is 29.9. The van der Waals surface area contributed by atoms with Gasteiger partial charge in [-0.15, -0.1) is 0 Å². The van der Waals surface area contributed by atoms with Crippen LogP contribution in [0.5, 0.6) is 5.88 Å². The van der Waals surface area contributed by atoms with Crippen LogP contribution in [0.25, 0.3) is 33.1 Å². The third-order valence-corrected chi connectivity index (χ3v) is 6.55. The fourth-order valence-electron chi connectivity index (χ4n) is 4.72. The lowest BCUT2D eigenvalue weighted by atomic mass is 10.0. The van der Waals surface area contributed by atoms with Crippen LogP contribution in [0.4, 0.5) is 4.39 Å². The van der Waals surface area contributed by atoms with E-state index in [-0.39, 0.29) is 11.7 Å². The number of pyridine rings is 2. The van der Waals surface area contributed by atoms with Crippen molar-refractivity contribution in [3.8, 4) is 17.0 Å². The number of hydrogen-bond acceptors (Lipinski definition) is 6. The number of fused-ring (bicyclic) bond motifs is 3. The van der Waals surface area contributed by atoms with E-state index in [0.717, 1.165) is 36.7 Å². The molecule has 184 valence electrons. The van der Waals surface area contributed by atoms with E-state index < -0.39 is 5.82 Å². The third kappa shape index (κ3) is 4.53. The van der Waals surface area contributed by atoms with Crippen LogP contribution in [0.3, 0.4) is 0 Å². The number of aryl methyl sites for hydroxylation is 1. The predicted molar refractivity (Wildman–Crippen MR) is 133 cm³/mol. The van der Waals surface area contributed by atoms with Gasteiger partial charge in [0.25, 0.3) is 0 Å². The average molecular weight is 480 g/mol. The Labute approximate surface area is 202 Å². The average Bonchev–Trinajstić information content (AvgIpc) is 3.12. The molecule has 0 aliphatic carbocycles. The number of aromatic nitrogens is 4. The molecule has 0 radical (unpaired) electrons. The molecule has 0 N–H and O–H groups in total. The van der Waals surface area contributed by atoms with Crippen molar-refractivity contribution < 1.29 is 13.9 Å². The van der Waals surface area contributed by atoms with Gasteiger partial charge in [-0.3, -0.25) is 14.1 Å². The molecule has 1 aliphatic rings. The molecular formula is C26H30FN5O3. The highest BCUT2D eigenvalue weighted by molar-refractivity contribution is 6.04. The van der Waals surface area contributed by atoms with Crippen LogP contribution in [-0.4, -0.2) is 64.5 Å². The first-order chi connectivity index (χ1) is 16.9. The monoisotopic (exact) mass is 479 g/mol. The van der Waals surface area contributed by atoms with E-state index in [1.54, 1.807) is 46.8 Å². The second kappa shape index (κ2) is 9.75. The molecule has 35 heavy (non-hydrogen) atoms. The van der Waals surface area contributed by atoms with Crippen molar-refractivity contribution in [1.82, 2.24) is 24.0 Å². The van der Waals surface area contributed by atoms with Crippen molar-refractivity contribution in [3.63, 3.8) is 0 Å². The fraction of sp³-hybridized carbons (Fsp3) is 0.423. The highest BCUT2D eigenvalue weighted by Crippen LogP contribution is 2.33. The second-order valence-electron chi connectivity index (χ2n) is 9.31. The highest BCUT2D eigenvalue weighted by Gasteiger charge is 2.24. The van der Waals surface area contributed by atoms with Crippen LogP contribution in [0.1, 0.15) is 25.3 Å². The van der Waals surface area contributed by atoms with E-state index in [1.807, 2.05) is 14.1 Å². The molecule has 5 rings (SSSR count). The third-order valence-electron chi connectivity index (χ3n) is 6.55. The van der Waals surface area contributed by atoms with Crippen LogP contribution < -0.4 is 10.4 Å². The molecule has 1 fully saturated rings. The summed E-state index contributed by atoms with van der Waals surface area (Å²) in [5.74, 6) is 0.114. The van der Waals surface area contributed by atoms with Crippen LogP contribution in [0, 0.1) is 5.82 Å². The Morgan fingerprint density at radius 2 is 2.09 bits per heavy atom. The molecule has 1 atom stereocenters. The van der Waals surface area contributed by atoms with Gasteiger partial charge in [-0.25, -0.2) is 14.2 Å².